The third-order valence-electron chi connectivity index (χ3n) is 4.57. The Morgan fingerprint density at radius 3 is 2.96 bits per heavy atom. The Labute approximate surface area is 137 Å². The SMILES string of the molecule is Cc1cnc(CN2CCCCC[C@@H]2C[C@H](O)c2ccco2)cn1. The molecule has 1 aliphatic heterocycles. The van der Waals surface area contributed by atoms with Crippen LogP contribution in [0.1, 0.15) is 55.4 Å². The second kappa shape index (κ2) is 7.70. The average Bonchev–Trinajstić information content (AvgIpc) is 3.01. The summed E-state index contributed by atoms with van der Waals surface area (Å²) in [5.74, 6) is 0.657. The second-order valence-electron chi connectivity index (χ2n) is 6.39. The summed E-state index contributed by atoms with van der Waals surface area (Å²) in [6.07, 6.45) is 10.2. The van der Waals surface area contributed by atoms with Crippen LogP contribution in [-0.4, -0.2) is 32.6 Å². The van der Waals surface area contributed by atoms with Crippen molar-refractivity contribution in [1.82, 2.24) is 14.9 Å². The van der Waals surface area contributed by atoms with Crippen LogP contribution in [0.25, 0.3) is 0 Å². The zero-order chi connectivity index (χ0) is 16.1. The molecule has 0 radical (unpaired) electrons. The number of aliphatic hydroxyl groups excluding tert-OH is 1. The van der Waals surface area contributed by atoms with Gasteiger partial charge in [0.15, 0.2) is 0 Å². The van der Waals surface area contributed by atoms with Crippen LogP contribution >= 0.6 is 0 Å². The minimum absolute atomic E-state index is 0.348. The molecular formula is C18H25N3O2. The normalized spacial score (nSPS) is 21.0. The van der Waals surface area contributed by atoms with E-state index in [9.17, 15) is 5.11 Å². The Bertz CT molecular complexity index is 583. The summed E-state index contributed by atoms with van der Waals surface area (Å²) in [7, 11) is 0. The maximum absolute atomic E-state index is 10.4. The van der Waals surface area contributed by atoms with Crippen LogP contribution in [0.3, 0.4) is 0 Å². The largest absolute Gasteiger partial charge is 0.467 e. The highest BCUT2D eigenvalue weighted by Crippen LogP contribution is 2.27. The first-order chi connectivity index (χ1) is 11.2. The number of hydrogen-bond donors (Lipinski definition) is 1. The molecule has 23 heavy (non-hydrogen) atoms. The van der Waals surface area contributed by atoms with Gasteiger partial charge in [-0.3, -0.25) is 14.9 Å². The van der Waals surface area contributed by atoms with Crippen molar-refractivity contribution in [2.45, 2.75) is 57.7 Å². The molecule has 0 unspecified atom stereocenters. The second-order valence-corrected chi connectivity index (χ2v) is 6.39. The molecule has 3 rings (SSSR count). The minimum atomic E-state index is -0.542. The van der Waals surface area contributed by atoms with Crippen LogP contribution in [0.5, 0.6) is 0 Å². The Hall–Kier alpha value is -1.72. The van der Waals surface area contributed by atoms with Crippen molar-refractivity contribution < 1.29 is 9.52 Å². The highest BCUT2D eigenvalue weighted by atomic mass is 16.4. The van der Waals surface area contributed by atoms with Gasteiger partial charge in [0.2, 0.25) is 0 Å². The van der Waals surface area contributed by atoms with E-state index < -0.39 is 6.10 Å². The molecule has 0 bridgehead atoms. The van der Waals surface area contributed by atoms with Gasteiger partial charge in [0, 0.05) is 25.0 Å². The Morgan fingerprint density at radius 2 is 2.22 bits per heavy atom. The number of likely N-dealkylation sites (tertiary alicyclic amines) is 1. The maximum atomic E-state index is 10.4. The number of nitrogens with zero attached hydrogens (tertiary/aromatic N) is 3. The number of aliphatic hydroxyl groups is 1. The monoisotopic (exact) mass is 315 g/mol. The average molecular weight is 315 g/mol. The predicted molar refractivity (Wildman–Crippen MR) is 87.7 cm³/mol. The standard InChI is InChI=1S/C18H25N3O2/c1-14-11-20-15(12-19-14)13-21-8-4-2-3-6-16(21)10-17(22)18-7-5-9-23-18/h5,7,9,11-12,16-17,22H,2-4,6,8,10,13H2,1H3/t16-,17+/m1/s1. The van der Waals surface area contributed by atoms with Gasteiger partial charge in [-0.15, -0.1) is 0 Å². The van der Waals surface area contributed by atoms with Crippen molar-refractivity contribution in [3.8, 4) is 0 Å². The van der Waals surface area contributed by atoms with Crippen molar-refractivity contribution in [2.24, 2.45) is 0 Å². The van der Waals surface area contributed by atoms with E-state index in [0.29, 0.717) is 18.2 Å². The first-order valence-electron chi connectivity index (χ1n) is 8.45. The van der Waals surface area contributed by atoms with Crippen LogP contribution in [0.15, 0.2) is 35.2 Å². The first kappa shape index (κ1) is 16.1. The molecule has 1 N–H and O–H groups in total. The van der Waals surface area contributed by atoms with E-state index in [1.54, 1.807) is 6.26 Å². The summed E-state index contributed by atoms with van der Waals surface area (Å²) >= 11 is 0. The van der Waals surface area contributed by atoms with Crippen molar-refractivity contribution in [3.05, 3.63) is 47.9 Å². The quantitative estimate of drug-likeness (QED) is 0.917. The van der Waals surface area contributed by atoms with Gasteiger partial charge in [-0.1, -0.05) is 12.8 Å². The maximum Gasteiger partial charge on any atom is 0.132 e. The summed E-state index contributed by atoms with van der Waals surface area (Å²) in [5, 5.41) is 10.4. The summed E-state index contributed by atoms with van der Waals surface area (Å²) in [4.78, 5) is 11.3. The summed E-state index contributed by atoms with van der Waals surface area (Å²) in [5.41, 5.74) is 1.93. The van der Waals surface area contributed by atoms with Gasteiger partial charge in [0.1, 0.15) is 11.9 Å². The Balaban J connectivity index is 1.68. The van der Waals surface area contributed by atoms with Crippen LogP contribution < -0.4 is 0 Å². The third-order valence-corrected chi connectivity index (χ3v) is 4.57. The molecule has 0 saturated carbocycles. The lowest BCUT2D eigenvalue weighted by Gasteiger charge is -2.30. The van der Waals surface area contributed by atoms with Crippen molar-refractivity contribution in [3.63, 3.8) is 0 Å². The van der Waals surface area contributed by atoms with E-state index in [1.165, 1.54) is 19.3 Å². The molecule has 0 spiro atoms. The fraction of sp³-hybridized carbons (Fsp3) is 0.556. The number of aryl methyl sites for hydroxylation is 1. The summed E-state index contributed by atoms with van der Waals surface area (Å²) < 4.78 is 5.34. The van der Waals surface area contributed by atoms with Gasteiger partial charge in [-0.25, -0.2) is 0 Å². The molecular weight excluding hydrogens is 290 g/mol. The zero-order valence-electron chi connectivity index (χ0n) is 13.7. The summed E-state index contributed by atoms with van der Waals surface area (Å²) in [6, 6.07) is 4.02. The van der Waals surface area contributed by atoms with Crippen molar-refractivity contribution in [1.29, 1.82) is 0 Å². The lowest BCUT2D eigenvalue weighted by molar-refractivity contribution is 0.0824. The van der Waals surface area contributed by atoms with Crippen molar-refractivity contribution >= 4 is 0 Å². The molecule has 5 nitrogen and oxygen atoms in total. The molecule has 2 aromatic heterocycles. The van der Waals surface area contributed by atoms with Gasteiger partial charge in [0.25, 0.3) is 0 Å². The molecule has 0 aliphatic carbocycles. The highest BCUT2D eigenvalue weighted by Gasteiger charge is 2.25. The number of aromatic nitrogens is 2. The van der Waals surface area contributed by atoms with Crippen LogP contribution in [0, 0.1) is 6.92 Å². The van der Waals surface area contributed by atoms with Gasteiger partial charge in [-0.2, -0.15) is 0 Å². The molecule has 2 atom stereocenters. The Morgan fingerprint density at radius 1 is 1.30 bits per heavy atom. The topological polar surface area (TPSA) is 62.4 Å². The fourth-order valence-corrected chi connectivity index (χ4v) is 3.28. The summed E-state index contributed by atoms with van der Waals surface area (Å²) in [6.45, 7) is 3.79. The smallest absolute Gasteiger partial charge is 0.132 e. The minimum Gasteiger partial charge on any atom is -0.467 e. The molecule has 1 aliphatic rings. The molecule has 2 aromatic rings. The Kier molecular flexibility index (Phi) is 5.41. The predicted octanol–water partition coefficient (Wildman–Crippen LogP) is 3.25. The molecule has 0 amide bonds. The lowest BCUT2D eigenvalue weighted by atomic mass is 10.0. The van der Waals surface area contributed by atoms with E-state index in [0.717, 1.165) is 30.9 Å². The van der Waals surface area contributed by atoms with E-state index in [2.05, 4.69) is 14.9 Å². The van der Waals surface area contributed by atoms with Gasteiger partial charge < -0.3 is 9.52 Å². The van der Waals surface area contributed by atoms with Gasteiger partial charge in [0.05, 0.1) is 17.7 Å². The van der Waals surface area contributed by atoms with E-state index >= 15 is 0 Å². The van der Waals surface area contributed by atoms with E-state index in [-0.39, 0.29) is 0 Å². The van der Waals surface area contributed by atoms with Crippen molar-refractivity contribution in [2.75, 3.05) is 6.54 Å². The third kappa shape index (κ3) is 4.39. The molecule has 3 heterocycles. The number of rotatable bonds is 5. The van der Waals surface area contributed by atoms with Crippen LogP contribution in [0.2, 0.25) is 0 Å². The zero-order valence-corrected chi connectivity index (χ0v) is 13.7. The molecule has 5 heteroatoms. The van der Waals surface area contributed by atoms with Gasteiger partial charge in [-0.05, 0) is 44.9 Å². The van der Waals surface area contributed by atoms with Crippen LogP contribution in [0.4, 0.5) is 0 Å². The lowest BCUT2D eigenvalue weighted by Crippen LogP contribution is -2.35. The van der Waals surface area contributed by atoms with E-state index in [4.69, 9.17) is 4.42 Å². The molecule has 1 saturated heterocycles. The van der Waals surface area contributed by atoms with Gasteiger partial charge >= 0.3 is 0 Å². The molecule has 1 fully saturated rings. The fourth-order valence-electron chi connectivity index (χ4n) is 3.28. The first-order valence-corrected chi connectivity index (χ1v) is 8.45. The molecule has 124 valence electrons. The number of hydrogen-bond acceptors (Lipinski definition) is 5. The number of furan rings is 1. The van der Waals surface area contributed by atoms with Crippen LogP contribution in [-0.2, 0) is 6.54 Å². The van der Waals surface area contributed by atoms with E-state index in [1.807, 2.05) is 31.5 Å². The highest BCUT2D eigenvalue weighted by molar-refractivity contribution is 5.04. The molecule has 0 aromatic carbocycles.